The highest BCUT2D eigenvalue weighted by Gasteiger charge is 2.12. The SMILES string of the molecule is CNC(CSc1nc(C)c(C)c(C)n1)c1ccc(C)cc1. The summed E-state index contributed by atoms with van der Waals surface area (Å²) in [6, 6.07) is 8.98. The van der Waals surface area contributed by atoms with Crippen LogP contribution in [-0.4, -0.2) is 22.8 Å². The Morgan fingerprint density at radius 2 is 1.57 bits per heavy atom. The Kier molecular flexibility index (Phi) is 5.37. The summed E-state index contributed by atoms with van der Waals surface area (Å²) < 4.78 is 0. The van der Waals surface area contributed by atoms with Crippen molar-refractivity contribution in [3.63, 3.8) is 0 Å². The van der Waals surface area contributed by atoms with Crippen molar-refractivity contribution in [2.24, 2.45) is 0 Å². The molecule has 0 spiro atoms. The van der Waals surface area contributed by atoms with E-state index in [1.807, 2.05) is 20.9 Å². The maximum Gasteiger partial charge on any atom is 0.188 e. The molecular formula is C17H23N3S. The van der Waals surface area contributed by atoms with Crippen LogP contribution in [0.3, 0.4) is 0 Å². The van der Waals surface area contributed by atoms with Gasteiger partial charge in [0.1, 0.15) is 0 Å². The van der Waals surface area contributed by atoms with E-state index in [1.165, 1.54) is 16.7 Å². The van der Waals surface area contributed by atoms with Gasteiger partial charge >= 0.3 is 0 Å². The summed E-state index contributed by atoms with van der Waals surface area (Å²) >= 11 is 1.70. The van der Waals surface area contributed by atoms with Gasteiger partial charge < -0.3 is 5.32 Å². The van der Waals surface area contributed by atoms with Gasteiger partial charge in [-0.3, -0.25) is 0 Å². The number of hydrogen-bond acceptors (Lipinski definition) is 4. The maximum absolute atomic E-state index is 4.57. The minimum absolute atomic E-state index is 0.307. The number of benzene rings is 1. The van der Waals surface area contributed by atoms with Gasteiger partial charge in [0.25, 0.3) is 0 Å². The van der Waals surface area contributed by atoms with Crippen LogP contribution in [0.1, 0.15) is 34.1 Å². The second-order valence-electron chi connectivity index (χ2n) is 5.36. The van der Waals surface area contributed by atoms with Gasteiger partial charge in [-0.1, -0.05) is 41.6 Å². The van der Waals surface area contributed by atoms with Gasteiger partial charge in [0.05, 0.1) is 0 Å². The lowest BCUT2D eigenvalue weighted by Crippen LogP contribution is -2.19. The molecule has 2 aromatic rings. The summed E-state index contributed by atoms with van der Waals surface area (Å²) in [4.78, 5) is 9.14. The van der Waals surface area contributed by atoms with Crippen molar-refractivity contribution < 1.29 is 0 Å². The smallest absolute Gasteiger partial charge is 0.188 e. The van der Waals surface area contributed by atoms with E-state index in [9.17, 15) is 0 Å². The van der Waals surface area contributed by atoms with Gasteiger partial charge in [-0.2, -0.15) is 0 Å². The van der Waals surface area contributed by atoms with Crippen LogP contribution >= 0.6 is 11.8 Å². The van der Waals surface area contributed by atoms with Gasteiger partial charge in [-0.15, -0.1) is 0 Å². The quantitative estimate of drug-likeness (QED) is 0.674. The van der Waals surface area contributed by atoms with Crippen molar-refractivity contribution in [2.75, 3.05) is 12.8 Å². The average molecular weight is 301 g/mol. The molecule has 0 saturated carbocycles. The zero-order chi connectivity index (χ0) is 15.4. The fraction of sp³-hybridized carbons (Fsp3) is 0.412. The van der Waals surface area contributed by atoms with Crippen LogP contribution < -0.4 is 5.32 Å². The highest BCUT2D eigenvalue weighted by Crippen LogP contribution is 2.23. The first-order chi connectivity index (χ1) is 10.0. The molecule has 0 aliphatic heterocycles. The molecule has 2 rings (SSSR count). The van der Waals surface area contributed by atoms with Crippen molar-refractivity contribution in [3.8, 4) is 0 Å². The Bertz CT molecular complexity index is 585. The second-order valence-corrected chi connectivity index (χ2v) is 6.35. The number of nitrogens with zero attached hydrogens (tertiary/aromatic N) is 2. The first-order valence-electron chi connectivity index (χ1n) is 7.19. The van der Waals surface area contributed by atoms with Crippen molar-refractivity contribution in [3.05, 3.63) is 52.3 Å². The molecule has 1 aromatic heterocycles. The molecule has 0 aliphatic carbocycles. The third-order valence-corrected chi connectivity index (χ3v) is 4.76. The molecule has 0 aliphatic rings. The van der Waals surface area contributed by atoms with Gasteiger partial charge in [-0.25, -0.2) is 9.97 Å². The molecule has 112 valence electrons. The lowest BCUT2D eigenvalue weighted by atomic mass is 10.1. The molecule has 0 fully saturated rings. The van der Waals surface area contributed by atoms with E-state index in [0.717, 1.165) is 22.3 Å². The minimum atomic E-state index is 0.307. The van der Waals surface area contributed by atoms with Crippen LogP contribution in [0.5, 0.6) is 0 Å². The summed E-state index contributed by atoms with van der Waals surface area (Å²) in [7, 11) is 2.00. The molecule has 4 heteroatoms. The van der Waals surface area contributed by atoms with E-state index < -0.39 is 0 Å². The minimum Gasteiger partial charge on any atom is -0.312 e. The Balaban J connectivity index is 2.08. The van der Waals surface area contributed by atoms with Crippen LogP contribution in [0.25, 0.3) is 0 Å². The zero-order valence-corrected chi connectivity index (χ0v) is 14.2. The van der Waals surface area contributed by atoms with Crippen LogP contribution in [0.4, 0.5) is 0 Å². The predicted molar refractivity (Wildman–Crippen MR) is 89.9 cm³/mol. The number of rotatable bonds is 5. The standard InChI is InChI=1S/C17H23N3S/c1-11-6-8-15(9-7-11)16(18-5)10-21-17-19-13(3)12(2)14(4)20-17/h6-9,16,18H,10H2,1-5H3. The summed E-state index contributed by atoms with van der Waals surface area (Å²) in [5.74, 6) is 0.918. The topological polar surface area (TPSA) is 37.8 Å². The van der Waals surface area contributed by atoms with Crippen molar-refractivity contribution in [2.45, 2.75) is 38.9 Å². The van der Waals surface area contributed by atoms with Crippen molar-refractivity contribution in [1.29, 1.82) is 0 Å². The normalized spacial score (nSPS) is 12.4. The highest BCUT2D eigenvalue weighted by molar-refractivity contribution is 7.99. The first-order valence-corrected chi connectivity index (χ1v) is 8.18. The van der Waals surface area contributed by atoms with Gasteiger partial charge in [0.2, 0.25) is 0 Å². The van der Waals surface area contributed by atoms with Gasteiger partial charge in [-0.05, 0) is 45.9 Å². The fourth-order valence-corrected chi connectivity index (χ4v) is 3.19. The van der Waals surface area contributed by atoms with Gasteiger partial charge in [0.15, 0.2) is 5.16 Å². The summed E-state index contributed by atoms with van der Waals surface area (Å²) in [5, 5.41) is 4.24. The Hall–Kier alpha value is -1.39. The van der Waals surface area contributed by atoms with E-state index in [1.54, 1.807) is 11.8 Å². The fourth-order valence-electron chi connectivity index (χ4n) is 2.11. The molecule has 1 atom stereocenters. The van der Waals surface area contributed by atoms with Crippen molar-refractivity contribution >= 4 is 11.8 Å². The highest BCUT2D eigenvalue weighted by atomic mass is 32.2. The molecule has 3 nitrogen and oxygen atoms in total. The number of aromatic nitrogens is 2. The second kappa shape index (κ2) is 7.05. The largest absolute Gasteiger partial charge is 0.312 e. The molecule has 1 N–H and O–H groups in total. The van der Waals surface area contributed by atoms with E-state index in [-0.39, 0.29) is 0 Å². The number of hydrogen-bond donors (Lipinski definition) is 1. The Morgan fingerprint density at radius 1 is 1.00 bits per heavy atom. The maximum atomic E-state index is 4.57. The molecular weight excluding hydrogens is 278 g/mol. The van der Waals surface area contributed by atoms with Crippen molar-refractivity contribution in [1.82, 2.24) is 15.3 Å². The number of nitrogens with one attached hydrogen (secondary N) is 1. The molecule has 0 bridgehead atoms. The molecule has 1 aromatic carbocycles. The third-order valence-electron chi connectivity index (χ3n) is 3.82. The summed E-state index contributed by atoms with van der Waals surface area (Å²) in [6.07, 6.45) is 0. The molecule has 0 radical (unpaired) electrons. The average Bonchev–Trinajstić information content (AvgIpc) is 2.47. The molecule has 1 unspecified atom stereocenters. The van der Waals surface area contributed by atoms with Crippen LogP contribution in [0.15, 0.2) is 29.4 Å². The van der Waals surface area contributed by atoms with Crippen LogP contribution in [0, 0.1) is 27.7 Å². The molecule has 0 amide bonds. The van der Waals surface area contributed by atoms with Crippen LogP contribution in [0.2, 0.25) is 0 Å². The lowest BCUT2D eigenvalue weighted by Gasteiger charge is -2.16. The molecule has 0 saturated heterocycles. The van der Waals surface area contributed by atoms with E-state index in [4.69, 9.17) is 0 Å². The van der Waals surface area contributed by atoms with Crippen LogP contribution in [-0.2, 0) is 0 Å². The lowest BCUT2D eigenvalue weighted by molar-refractivity contribution is 0.660. The molecule has 1 heterocycles. The Labute approximate surface area is 131 Å². The summed E-state index contributed by atoms with van der Waals surface area (Å²) in [5.41, 5.74) is 5.91. The van der Waals surface area contributed by atoms with E-state index in [2.05, 4.69) is 53.4 Å². The number of aryl methyl sites for hydroxylation is 3. The Morgan fingerprint density at radius 3 is 2.10 bits per heavy atom. The molecule has 21 heavy (non-hydrogen) atoms. The van der Waals surface area contributed by atoms with Gasteiger partial charge in [0, 0.05) is 23.2 Å². The first kappa shape index (κ1) is 16.0. The monoisotopic (exact) mass is 301 g/mol. The summed E-state index contributed by atoms with van der Waals surface area (Å²) in [6.45, 7) is 8.27. The third kappa shape index (κ3) is 4.05. The zero-order valence-electron chi connectivity index (χ0n) is 13.4. The van der Waals surface area contributed by atoms with E-state index >= 15 is 0 Å². The number of thioether (sulfide) groups is 1. The predicted octanol–water partition coefficient (Wildman–Crippen LogP) is 3.76. The van der Waals surface area contributed by atoms with E-state index in [0.29, 0.717) is 6.04 Å².